The van der Waals surface area contributed by atoms with Crippen molar-refractivity contribution in [2.45, 2.75) is 20.1 Å². The molecule has 0 spiro atoms. The summed E-state index contributed by atoms with van der Waals surface area (Å²) in [4.78, 5) is 0. The number of fused-ring (bicyclic) bond motifs is 1. The summed E-state index contributed by atoms with van der Waals surface area (Å²) >= 11 is 0. The van der Waals surface area contributed by atoms with E-state index in [0.717, 1.165) is 17.2 Å². The minimum atomic E-state index is -3.51. The third kappa shape index (κ3) is 3.96. The van der Waals surface area contributed by atoms with Gasteiger partial charge < -0.3 is 9.15 Å². The molecule has 5 nitrogen and oxygen atoms in total. The van der Waals surface area contributed by atoms with Crippen LogP contribution in [0.15, 0.2) is 52.9 Å². The van der Waals surface area contributed by atoms with Crippen molar-refractivity contribution < 1.29 is 21.8 Å². The van der Waals surface area contributed by atoms with E-state index in [9.17, 15) is 8.42 Å². The number of ether oxygens (including phenoxy) is 1. The lowest BCUT2D eigenvalue weighted by molar-refractivity contribution is 0.306. The van der Waals surface area contributed by atoms with Gasteiger partial charge in [-0.2, -0.15) is 8.42 Å². The van der Waals surface area contributed by atoms with Gasteiger partial charge in [-0.1, -0.05) is 30.3 Å². The van der Waals surface area contributed by atoms with Crippen molar-refractivity contribution in [1.82, 2.24) is 0 Å². The summed E-state index contributed by atoms with van der Waals surface area (Å²) < 4.78 is 38.8. The molecule has 0 radical (unpaired) electrons. The predicted octanol–water partition coefficient (Wildman–Crippen LogP) is 3.80. The smallest absolute Gasteiger partial charge is 0.264 e. The normalized spacial score (nSPS) is 11.8. The van der Waals surface area contributed by atoms with Crippen LogP contribution in [-0.4, -0.2) is 14.7 Å². The van der Waals surface area contributed by atoms with Gasteiger partial charge in [-0.25, -0.2) is 0 Å². The fourth-order valence-electron chi connectivity index (χ4n) is 2.43. The van der Waals surface area contributed by atoms with Crippen molar-refractivity contribution in [2.24, 2.45) is 0 Å². The van der Waals surface area contributed by atoms with Gasteiger partial charge in [0.15, 0.2) is 0 Å². The second kappa shape index (κ2) is 6.67. The van der Waals surface area contributed by atoms with Crippen LogP contribution in [0.25, 0.3) is 11.0 Å². The van der Waals surface area contributed by atoms with Crippen LogP contribution in [0.3, 0.4) is 0 Å². The Morgan fingerprint density at radius 3 is 2.50 bits per heavy atom. The Morgan fingerprint density at radius 1 is 1.04 bits per heavy atom. The molecule has 0 bridgehead atoms. The molecule has 0 unspecified atom stereocenters. The lowest BCUT2D eigenvalue weighted by Gasteiger charge is -2.06. The minimum absolute atomic E-state index is 0.0557. The summed E-state index contributed by atoms with van der Waals surface area (Å²) in [6, 6.07) is 15.3. The van der Waals surface area contributed by atoms with Crippen molar-refractivity contribution in [3.63, 3.8) is 0 Å². The highest BCUT2D eigenvalue weighted by molar-refractivity contribution is 7.85. The second-order valence-corrected chi connectivity index (χ2v) is 7.18. The highest BCUT2D eigenvalue weighted by atomic mass is 32.2. The SMILES string of the molecule is Cc1oc2ccc(OCc3ccccc3)cc2c1COS(C)(=O)=O. The zero-order chi connectivity index (χ0) is 17.2. The Labute approximate surface area is 140 Å². The largest absolute Gasteiger partial charge is 0.489 e. The highest BCUT2D eigenvalue weighted by Gasteiger charge is 2.14. The fourth-order valence-corrected chi connectivity index (χ4v) is 2.76. The summed E-state index contributed by atoms with van der Waals surface area (Å²) in [5.41, 5.74) is 2.45. The van der Waals surface area contributed by atoms with Crippen LogP contribution in [-0.2, 0) is 27.5 Å². The van der Waals surface area contributed by atoms with Crippen LogP contribution in [0.4, 0.5) is 0 Å². The van der Waals surface area contributed by atoms with E-state index >= 15 is 0 Å². The van der Waals surface area contributed by atoms with E-state index in [1.807, 2.05) is 48.5 Å². The number of aryl methyl sites for hydroxylation is 1. The quantitative estimate of drug-likeness (QED) is 0.635. The van der Waals surface area contributed by atoms with Crippen LogP contribution in [0, 0.1) is 6.92 Å². The molecule has 0 aliphatic rings. The lowest BCUT2D eigenvalue weighted by Crippen LogP contribution is -2.03. The number of hydrogen-bond acceptors (Lipinski definition) is 5. The Morgan fingerprint density at radius 2 is 1.79 bits per heavy atom. The van der Waals surface area contributed by atoms with E-state index < -0.39 is 10.1 Å². The first-order valence-electron chi connectivity index (χ1n) is 7.45. The molecule has 1 heterocycles. The summed E-state index contributed by atoms with van der Waals surface area (Å²) in [7, 11) is -3.51. The van der Waals surface area contributed by atoms with E-state index in [1.165, 1.54) is 0 Å². The monoisotopic (exact) mass is 346 g/mol. The molecule has 0 fully saturated rings. The van der Waals surface area contributed by atoms with Crippen LogP contribution >= 0.6 is 0 Å². The van der Waals surface area contributed by atoms with Crippen LogP contribution in [0.2, 0.25) is 0 Å². The van der Waals surface area contributed by atoms with Gasteiger partial charge >= 0.3 is 0 Å². The highest BCUT2D eigenvalue weighted by Crippen LogP contribution is 2.30. The molecule has 0 N–H and O–H groups in total. The van der Waals surface area contributed by atoms with E-state index in [-0.39, 0.29) is 6.61 Å². The first-order valence-corrected chi connectivity index (χ1v) is 9.27. The topological polar surface area (TPSA) is 65.7 Å². The van der Waals surface area contributed by atoms with Gasteiger partial charge in [-0.05, 0) is 30.7 Å². The number of rotatable bonds is 6. The summed E-state index contributed by atoms with van der Waals surface area (Å²) in [6.07, 6.45) is 1.03. The maximum absolute atomic E-state index is 11.2. The summed E-state index contributed by atoms with van der Waals surface area (Å²) in [5.74, 6) is 1.32. The maximum Gasteiger partial charge on any atom is 0.264 e. The Hall–Kier alpha value is -2.31. The zero-order valence-corrected chi connectivity index (χ0v) is 14.3. The molecule has 0 atom stereocenters. The molecule has 2 aromatic carbocycles. The average Bonchev–Trinajstić information content (AvgIpc) is 2.86. The first-order chi connectivity index (χ1) is 11.4. The van der Waals surface area contributed by atoms with Gasteiger partial charge in [0.2, 0.25) is 0 Å². The molecular weight excluding hydrogens is 328 g/mol. The van der Waals surface area contributed by atoms with Gasteiger partial charge in [0.25, 0.3) is 10.1 Å². The van der Waals surface area contributed by atoms with Crippen molar-refractivity contribution >= 4 is 21.1 Å². The van der Waals surface area contributed by atoms with Gasteiger partial charge in [-0.15, -0.1) is 0 Å². The molecule has 0 saturated heterocycles. The fraction of sp³-hybridized carbons (Fsp3) is 0.222. The van der Waals surface area contributed by atoms with Crippen LogP contribution < -0.4 is 4.74 Å². The van der Waals surface area contributed by atoms with Gasteiger partial charge in [0.1, 0.15) is 23.7 Å². The van der Waals surface area contributed by atoms with Crippen molar-refractivity contribution in [2.75, 3.05) is 6.26 Å². The predicted molar refractivity (Wildman–Crippen MR) is 91.4 cm³/mol. The molecule has 24 heavy (non-hydrogen) atoms. The van der Waals surface area contributed by atoms with E-state index in [4.69, 9.17) is 13.3 Å². The van der Waals surface area contributed by atoms with E-state index in [2.05, 4.69) is 0 Å². The average molecular weight is 346 g/mol. The number of hydrogen-bond donors (Lipinski definition) is 0. The molecule has 0 saturated carbocycles. The second-order valence-electron chi connectivity index (χ2n) is 5.54. The van der Waals surface area contributed by atoms with Crippen molar-refractivity contribution in [1.29, 1.82) is 0 Å². The molecule has 3 aromatic rings. The molecule has 0 amide bonds. The summed E-state index contributed by atoms with van der Waals surface area (Å²) in [5, 5.41) is 0.793. The van der Waals surface area contributed by atoms with E-state index in [1.54, 1.807) is 6.92 Å². The van der Waals surface area contributed by atoms with Gasteiger partial charge in [-0.3, -0.25) is 4.18 Å². The Kier molecular flexibility index (Phi) is 4.59. The number of furan rings is 1. The number of benzene rings is 2. The van der Waals surface area contributed by atoms with Gasteiger partial charge in [0, 0.05) is 10.9 Å². The van der Waals surface area contributed by atoms with Gasteiger partial charge in [0.05, 0.1) is 12.9 Å². The molecule has 3 rings (SSSR count). The molecule has 1 aromatic heterocycles. The maximum atomic E-state index is 11.2. The van der Waals surface area contributed by atoms with E-state index in [0.29, 0.717) is 29.3 Å². The van der Waals surface area contributed by atoms with Crippen LogP contribution in [0.1, 0.15) is 16.9 Å². The molecular formula is C18H18O5S. The first kappa shape index (κ1) is 16.5. The molecule has 126 valence electrons. The Bertz CT molecular complexity index is 942. The summed E-state index contributed by atoms with van der Waals surface area (Å²) in [6.45, 7) is 2.18. The van der Waals surface area contributed by atoms with Crippen molar-refractivity contribution in [3.05, 3.63) is 65.4 Å². The minimum Gasteiger partial charge on any atom is -0.489 e. The molecule has 6 heteroatoms. The standard InChI is InChI=1S/C18H18O5S/c1-13-17(12-22-24(2,19)20)16-10-15(8-9-18(16)23-13)21-11-14-6-4-3-5-7-14/h3-10H,11-12H2,1-2H3. The molecule has 0 aliphatic carbocycles. The third-order valence-corrected chi connectivity index (χ3v) is 4.18. The molecule has 0 aliphatic heterocycles. The lowest BCUT2D eigenvalue weighted by atomic mass is 10.1. The van der Waals surface area contributed by atoms with Crippen LogP contribution in [0.5, 0.6) is 5.75 Å². The zero-order valence-electron chi connectivity index (χ0n) is 13.5. The van der Waals surface area contributed by atoms with Crippen molar-refractivity contribution in [3.8, 4) is 5.75 Å². The third-order valence-electron chi connectivity index (χ3n) is 3.63. The Balaban J connectivity index is 1.83.